The van der Waals surface area contributed by atoms with Gasteiger partial charge in [-0.2, -0.15) is 0 Å². The molecule has 3 aromatic rings. The van der Waals surface area contributed by atoms with Gasteiger partial charge in [0.05, 0.1) is 11.0 Å². The largest absolute Gasteiger partial charge is 0.327 e. The van der Waals surface area contributed by atoms with Crippen molar-refractivity contribution in [2.75, 3.05) is 19.6 Å². The van der Waals surface area contributed by atoms with E-state index in [1.54, 1.807) is 0 Å². The predicted molar refractivity (Wildman–Crippen MR) is 116 cm³/mol. The van der Waals surface area contributed by atoms with E-state index in [-0.39, 0.29) is 0 Å². The molecule has 0 spiro atoms. The molecule has 0 fully saturated rings. The Morgan fingerprint density at radius 3 is 2.54 bits per heavy atom. The third kappa shape index (κ3) is 4.96. The molecular weight excluding hydrogens is 346 g/mol. The fraction of sp³-hybridized carbons (Fsp3) is 0.333. The summed E-state index contributed by atoms with van der Waals surface area (Å²) in [5, 5.41) is 0. The van der Waals surface area contributed by atoms with Crippen LogP contribution in [0.4, 0.5) is 0 Å². The van der Waals surface area contributed by atoms with Gasteiger partial charge in [0.2, 0.25) is 0 Å². The fourth-order valence-electron chi connectivity index (χ4n) is 3.57. The number of hydrogen-bond donors (Lipinski definition) is 0. The average molecular weight is 376 g/mol. The SMILES string of the molecule is CCN(CC)CCn1c(CCc2ccccc2)nc2cc(/C=C/C=O)ccc21. The molecule has 0 atom stereocenters. The van der Waals surface area contributed by atoms with Gasteiger partial charge in [-0.1, -0.05) is 56.3 Å². The number of carbonyl (C=O) groups is 1. The lowest BCUT2D eigenvalue weighted by molar-refractivity contribution is -0.104. The molecule has 3 rings (SSSR count). The van der Waals surface area contributed by atoms with Crippen molar-refractivity contribution in [2.24, 2.45) is 0 Å². The zero-order valence-corrected chi connectivity index (χ0v) is 16.8. The van der Waals surface area contributed by atoms with Crippen LogP contribution in [-0.2, 0) is 24.2 Å². The summed E-state index contributed by atoms with van der Waals surface area (Å²) in [5.74, 6) is 1.13. The van der Waals surface area contributed by atoms with Crippen molar-refractivity contribution in [3.8, 4) is 0 Å². The molecule has 0 saturated carbocycles. The van der Waals surface area contributed by atoms with Crippen molar-refractivity contribution in [1.82, 2.24) is 14.5 Å². The summed E-state index contributed by atoms with van der Waals surface area (Å²) >= 11 is 0. The molecule has 0 aliphatic carbocycles. The number of nitrogens with zero attached hydrogens (tertiary/aromatic N) is 3. The smallest absolute Gasteiger partial charge is 0.142 e. The predicted octanol–water partition coefficient (Wildman–Crippen LogP) is 4.38. The van der Waals surface area contributed by atoms with Crippen molar-refractivity contribution >= 4 is 23.4 Å². The molecule has 0 radical (unpaired) electrons. The second-order valence-electron chi connectivity index (χ2n) is 6.94. The highest BCUT2D eigenvalue weighted by Gasteiger charge is 2.12. The Morgan fingerprint density at radius 2 is 1.82 bits per heavy atom. The van der Waals surface area contributed by atoms with E-state index in [9.17, 15) is 4.79 Å². The van der Waals surface area contributed by atoms with Crippen molar-refractivity contribution in [3.63, 3.8) is 0 Å². The first-order chi connectivity index (χ1) is 13.7. The Balaban J connectivity index is 1.89. The molecule has 0 bridgehead atoms. The fourth-order valence-corrected chi connectivity index (χ4v) is 3.57. The summed E-state index contributed by atoms with van der Waals surface area (Å²) in [6.07, 6.45) is 6.04. The number of fused-ring (bicyclic) bond motifs is 1. The molecule has 28 heavy (non-hydrogen) atoms. The standard InChI is InChI=1S/C24H29N3O/c1-3-26(4-2)16-17-27-23-14-12-21(11-8-18-28)19-22(23)25-24(27)15-13-20-9-6-5-7-10-20/h5-12,14,18-19H,3-4,13,15-17H2,1-2H3/b11-8+. The van der Waals surface area contributed by atoms with Gasteiger partial charge in [0.15, 0.2) is 0 Å². The number of aryl methyl sites for hydroxylation is 2. The molecule has 0 aliphatic heterocycles. The van der Waals surface area contributed by atoms with Crippen LogP contribution < -0.4 is 0 Å². The second-order valence-corrected chi connectivity index (χ2v) is 6.94. The number of rotatable bonds is 10. The van der Waals surface area contributed by atoms with Crippen molar-refractivity contribution in [3.05, 3.63) is 71.6 Å². The van der Waals surface area contributed by atoms with Gasteiger partial charge in [-0.25, -0.2) is 4.98 Å². The quantitative estimate of drug-likeness (QED) is 0.390. The Morgan fingerprint density at radius 1 is 1.04 bits per heavy atom. The Bertz CT molecular complexity index is 924. The van der Waals surface area contributed by atoms with Crippen molar-refractivity contribution < 1.29 is 4.79 Å². The van der Waals surface area contributed by atoms with Crippen LogP contribution in [0.5, 0.6) is 0 Å². The number of carbonyl (C=O) groups excluding carboxylic acids is 1. The Kier molecular flexibility index (Phi) is 7.15. The van der Waals surface area contributed by atoms with Gasteiger partial charge >= 0.3 is 0 Å². The topological polar surface area (TPSA) is 38.1 Å². The first kappa shape index (κ1) is 20.0. The minimum atomic E-state index is 0.804. The maximum Gasteiger partial charge on any atom is 0.142 e. The van der Waals surface area contributed by atoms with Crippen LogP contribution in [0.25, 0.3) is 17.1 Å². The molecular formula is C24H29N3O. The van der Waals surface area contributed by atoms with Crippen LogP contribution in [0.15, 0.2) is 54.6 Å². The Hall–Kier alpha value is -2.72. The third-order valence-electron chi connectivity index (χ3n) is 5.23. The number of imidazole rings is 1. The zero-order valence-electron chi connectivity index (χ0n) is 16.8. The number of hydrogen-bond acceptors (Lipinski definition) is 3. The van der Waals surface area contributed by atoms with Gasteiger partial charge < -0.3 is 9.47 Å². The summed E-state index contributed by atoms with van der Waals surface area (Å²) in [6.45, 7) is 8.48. The molecule has 0 aliphatic rings. The maximum absolute atomic E-state index is 10.6. The lowest BCUT2D eigenvalue weighted by Crippen LogP contribution is -2.27. The molecule has 0 N–H and O–H groups in total. The lowest BCUT2D eigenvalue weighted by atomic mass is 10.1. The normalized spacial score (nSPS) is 11.7. The third-order valence-corrected chi connectivity index (χ3v) is 5.23. The molecule has 0 unspecified atom stereocenters. The van der Waals surface area contributed by atoms with Crippen LogP contribution in [0.1, 0.15) is 30.8 Å². The highest BCUT2D eigenvalue weighted by atomic mass is 16.1. The van der Waals surface area contributed by atoms with Gasteiger partial charge in [0.1, 0.15) is 12.1 Å². The molecule has 0 saturated heterocycles. The van der Waals surface area contributed by atoms with Gasteiger partial charge in [-0.05, 0) is 48.8 Å². The van der Waals surface area contributed by atoms with Crippen LogP contribution in [0, 0.1) is 0 Å². The molecule has 0 amide bonds. The molecule has 146 valence electrons. The number of likely N-dealkylation sites (N-methyl/N-ethyl adjacent to an activating group) is 1. The average Bonchev–Trinajstić information content (AvgIpc) is 3.09. The van der Waals surface area contributed by atoms with Crippen LogP contribution in [-0.4, -0.2) is 40.4 Å². The Labute approximate surface area is 167 Å². The lowest BCUT2D eigenvalue weighted by Gasteiger charge is -2.19. The summed E-state index contributed by atoms with van der Waals surface area (Å²) in [6, 6.07) is 16.8. The maximum atomic E-state index is 10.6. The summed E-state index contributed by atoms with van der Waals surface area (Å²) in [5.41, 5.74) is 4.50. The minimum Gasteiger partial charge on any atom is -0.327 e. The van der Waals surface area contributed by atoms with E-state index < -0.39 is 0 Å². The van der Waals surface area contributed by atoms with Gasteiger partial charge in [0, 0.05) is 19.5 Å². The monoisotopic (exact) mass is 375 g/mol. The van der Waals surface area contributed by atoms with Crippen LogP contribution >= 0.6 is 0 Å². The molecule has 2 aromatic carbocycles. The van der Waals surface area contributed by atoms with E-state index in [1.807, 2.05) is 6.08 Å². The summed E-state index contributed by atoms with van der Waals surface area (Å²) in [7, 11) is 0. The number of allylic oxidation sites excluding steroid dienone is 1. The zero-order chi connectivity index (χ0) is 19.8. The summed E-state index contributed by atoms with van der Waals surface area (Å²) < 4.78 is 2.36. The summed E-state index contributed by atoms with van der Waals surface area (Å²) in [4.78, 5) is 18.0. The van der Waals surface area contributed by atoms with Crippen LogP contribution in [0.3, 0.4) is 0 Å². The minimum absolute atomic E-state index is 0.804. The molecule has 1 heterocycles. The highest BCUT2D eigenvalue weighted by molar-refractivity contribution is 5.81. The van der Waals surface area contributed by atoms with Crippen molar-refractivity contribution in [2.45, 2.75) is 33.2 Å². The number of aldehydes is 1. The second kappa shape index (κ2) is 10.00. The highest BCUT2D eigenvalue weighted by Crippen LogP contribution is 2.20. The van der Waals surface area contributed by atoms with Crippen molar-refractivity contribution in [1.29, 1.82) is 0 Å². The first-order valence-electron chi connectivity index (χ1n) is 10.1. The van der Waals surface area contributed by atoms with E-state index in [0.717, 1.165) is 62.2 Å². The van der Waals surface area contributed by atoms with E-state index in [4.69, 9.17) is 4.98 Å². The number of benzene rings is 2. The van der Waals surface area contributed by atoms with E-state index >= 15 is 0 Å². The number of aromatic nitrogens is 2. The van der Waals surface area contributed by atoms with Gasteiger partial charge in [-0.3, -0.25) is 4.79 Å². The van der Waals surface area contributed by atoms with Gasteiger partial charge in [0.25, 0.3) is 0 Å². The first-order valence-corrected chi connectivity index (χ1v) is 10.1. The van der Waals surface area contributed by atoms with Gasteiger partial charge in [-0.15, -0.1) is 0 Å². The molecule has 4 heteroatoms. The van der Waals surface area contributed by atoms with E-state index in [2.05, 4.69) is 71.8 Å². The van der Waals surface area contributed by atoms with E-state index in [1.165, 1.54) is 17.2 Å². The molecule has 1 aromatic heterocycles. The molecule has 4 nitrogen and oxygen atoms in total. The van der Waals surface area contributed by atoms with Crippen LogP contribution in [0.2, 0.25) is 0 Å². The van der Waals surface area contributed by atoms with E-state index in [0.29, 0.717) is 0 Å².